The summed E-state index contributed by atoms with van der Waals surface area (Å²) < 4.78 is 5.31. The van der Waals surface area contributed by atoms with Crippen LogP contribution in [0.2, 0.25) is 0 Å². The number of nitrogens with two attached hydrogens (primary N) is 1. The second kappa shape index (κ2) is 4.12. The lowest BCUT2D eigenvalue weighted by Gasteiger charge is -2.38. The zero-order chi connectivity index (χ0) is 10.9. The van der Waals surface area contributed by atoms with E-state index < -0.39 is 0 Å². The smallest absolute Gasteiger partial charge is 0.306 e. The second-order valence-corrected chi connectivity index (χ2v) is 5.10. The van der Waals surface area contributed by atoms with Gasteiger partial charge in [0.2, 0.25) is 0 Å². The van der Waals surface area contributed by atoms with Gasteiger partial charge in [0.1, 0.15) is 6.10 Å². The van der Waals surface area contributed by atoms with Crippen LogP contribution in [0.5, 0.6) is 0 Å². The number of esters is 1. The highest BCUT2D eigenvalue weighted by molar-refractivity contribution is 5.73. The zero-order valence-corrected chi connectivity index (χ0v) is 9.50. The molecule has 1 saturated heterocycles. The molecule has 1 aliphatic carbocycles. The molecule has 0 amide bonds. The average molecular weight is 211 g/mol. The average Bonchev–Trinajstić information content (AvgIpc) is 2.56. The molecule has 0 aromatic carbocycles. The van der Waals surface area contributed by atoms with Gasteiger partial charge in [-0.3, -0.25) is 4.79 Å². The Morgan fingerprint density at radius 2 is 2.13 bits per heavy atom. The number of hydrogen-bond donors (Lipinski definition) is 1. The summed E-state index contributed by atoms with van der Waals surface area (Å²) in [5, 5.41) is 0. The van der Waals surface area contributed by atoms with Crippen molar-refractivity contribution >= 4 is 5.97 Å². The fourth-order valence-corrected chi connectivity index (χ4v) is 3.18. The van der Waals surface area contributed by atoms with Gasteiger partial charge in [0, 0.05) is 12.0 Å². The number of rotatable bonds is 2. The fourth-order valence-electron chi connectivity index (χ4n) is 3.18. The maximum atomic E-state index is 11.4. The van der Waals surface area contributed by atoms with Gasteiger partial charge in [0.25, 0.3) is 0 Å². The van der Waals surface area contributed by atoms with Crippen molar-refractivity contribution in [1.82, 2.24) is 0 Å². The van der Waals surface area contributed by atoms with Crippen LogP contribution in [0.15, 0.2) is 0 Å². The molecular formula is C12H21NO2. The third-order valence-electron chi connectivity index (χ3n) is 4.35. The van der Waals surface area contributed by atoms with Crippen molar-refractivity contribution in [3.05, 3.63) is 0 Å². The molecule has 1 unspecified atom stereocenters. The largest absolute Gasteiger partial charge is 0.460 e. The lowest BCUT2D eigenvalue weighted by atomic mass is 9.66. The molecule has 86 valence electrons. The number of carbonyl (C=O) groups is 1. The summed E-state index contributed by atoms with van der Waals surface area (Å²) in [6, 6.07) is 0. The fraction of sp³-hybridized carbons (Fsp3) is 0.917. The van der Waals surface area contributed by atoms with Crippen LogP contribution in [0.3, 0.4) is 0 Å². The molecule has 1 saturated carbocycles. The van der Waals surface area contributed by atoms with E-state index in [2.05, 4.69) is 6.92 Å². The van der Waals surface area contributed by atoms with E-state index in [1.165, 1.54) is 19.3 Å². The maximum Gasteiger partial charge on any atom is 0.306 e. The topological polar surface area (TPSA) is 52.3 Å². The molecule has 2 fully saturated rings. The van der Waals surface area contributed by atoms with E-state index in [9.17, 15) is 4.79 Å². The third-order valence-corrected chi connectivity index (χ3v) is 4.35. The number of hydrogen-bond acceptors (Lipinski definition) is 3. The molecule has 1 heterocycles. The van der Waals surface area contributed by atoms with Crippen LogP contribution in [0.1, 0.15) is 45.4 Å². The van der Waals surface area contributed by atoms with Crippen LogP contribution in [0.4, 0.5) is 0 Å². The Hall–Kier alpha value is -0.570. The molecule has 0 radical (unpaired) electrons. The molecule has 1 aliphatic heterocycles. The molecular weight excluding hydrogens is 190 g/mol. The first-order valence-corrected chi connectivity index (χ1v) is 6.10. The second-order valence-electron chi connectivity index (χ2n) is 5.10. The number of ether oxygens (including phenoxy) is 1. The Labute approximate surface area is 91.4 Å². The van der Waals surface area contributed by atoms with Crippen molar-refractivity contribution < 1.29 is 9.53 Å². The lowest BCUT2D eigenvalue weighted by Crippen LogP contribution is -2.39. The van der Waals surface area contributed by atoms with Gasteiger partial charge in [-0.25, -0.2) is 0 Å². The molecule has 1 spiro atoms. The van der Waals surface area contributed by atoms with Crippen molar-refractivity contribution in [2.24, 2.45) is 17.1 Å². The molecule has 0 aromatic heterocycles. The summed E-state index contributed by atoms with van der Waals surface area (Å²) in [6.45, 7) is 2.74. The Morgan fingerprint density at radius 1 is 1.47 bits per heavy atom. The Balaban J connectivity index is 2.04. The van der Waals surface area contributed by atoms with Crippen LogP contribution in [-0.2, 0) is 9.53 Å². The predicted octanol–water partition coefficient (Wildman–Crippen LogP) is 1.85. The van der Waals surface area contributed by atoms with Gasteiger partial charge in [-0.05, 0) is 31.6 Å². The Kier molecular flexibility index (Phi) is 3.01. The zero-order valence-electron chi connectivity index (χ0n) is 9.50. The van der Waals surface area contributed by atoms with Gasteiger partial charge in [-0.1, -0.05) is 13.3 Å². The standard InChI is InChI=1S/C12H21NO2/c1-2-9-3-5-12(6-4-9)7-11(14)15-10(12)8-13/h9-10H,2-8,13H2,1H3. The number of carbonyl (C=O) groups excluding carboxylic acids is 1. The molecule has 2 aliphatic rings. The molecule has 15 heavy (non-hydrogen) atoms. The SMILES string of the molecule is CCC1CCC2(CC1)CC(=O)OC2CN. The molecule has 3 nitrogen and oxygen atoms in total. The number of cyclic esters (lactones) is 1. The highest BCUT2D eigenvalue weighted by Gasteiger charge is 2.49. The predicted molar refractivity (Wildman–Crippen MR) is 58.2 cm³/mol. The summed E-state index contributed by atoms with van der Waals surface area (Å²) in [6.07, 6.45) is 6.58. The molecule has 3 heteroatoms. The van der Waals surface area contributed by atoms with Crippen molar-refractivity contribution in [2.45, 2.75) is 51.6 Å². The summed E-state index contributed by atoms with van der Waals surface area (Å²) in [4.78, 5) is 11.4. The highest BCUT2D eigenvalue weighted by atomic mass is 16.6. The van der Waals surface area contributed by atoms with Gasteiger partial charge in [0.05, 0.1) is 6.42 Å². The summed E-state index contributed by atoms with van der Waals surface area (Å²) in [7, 11) is 0. The van der Waals surface area contributed by atoms with Crippen molar-refractivity contribution in [3.8, 4) is 0 Å². The lowest BCUT2D eigenvalue weighted by molar-refractivity contribution is -0.141. The quantitative estimate of drug-likeness (QED) is 0.709. The van der Waals surface area contributed by atoms with Crippen molar-refractivity contribution in [3.63, 3.8) is 0 Å². The van der Waals surface area contributed by atoms with Crippen molar-refractivity contribution in [1.29, 1.82) is 0 Å². The first-order valence-electron chi connectivity index (χ1n) is 6.10. The van der Waals surface area contributed by atoms with E-state index >= 15 is 0 Å². The van der Waals surface area contributed by atoms with Gasteiger partial charge in [0.15, 0.2) is 0 Å². The van der Waals surface area contributed by atoms with E-state index in [0.717, 1.165) is 18.8 Å². The van der Waals surface area contributed by atoms with Gasteiger partial charge < -0.3 is 10.5 Å². The third kappa shape index (κ3) is 1.89. The minimum atomic E-state index is -0.0413. The van der Waals surface area contributed by atoms with Crippen LogP contribution in [0.25, 0.3) is 0 Å². The van der Waals surface area contributed by atoms with E-state index in [0.29, 0.717) is 13.0 Å². The van der Waals surface area contributed by atoms with Crippen LogP contribution in [-0.4, -0.2) is 18.6 Å². The monoisotopic (exact) mass is 211 g/mol. The molecule has 0 aromatic rings. The van der Waals surface area contributed by atoms with Gasteiger partial charge in [-0.2, -0.15) is 0 Å². The van der Waals surface area contributed by atoms with Crippen LogP contribution < -0.4 is 5.73 Å². The highest BCUT2D eigenvalue weighted by Crippen LogP contribution is 2.49. The van der Waals surface area contributed by atoms with Crippen LogP contribution in [0, 0.1) is 11.3 Å². The maximum absolute atomic E-state index is 11.4. The van der Waals surface area contributed by atoms with E-state index in [1.54, 1.807) is 0 Å². The molecule has 0 bridgehead atoms. The van der Waals surface area contributed by atoms with Crippen LogP contribution >= 0.6 is 0 Å². The Morgan fingerprint density at radius 3 is 2.67 bits per heavy atom. The Bertz CT molecular complexity index is 244. The molecule has 2 N–H and O–H groups in total. The van der Waals surface area contributed by atoms with Gasteiger partial charge in [-0.15, -0.1) is 0 Å². The van der Waals surface area contributed by atoms with E-state index in [1.807, 2.05) is 0 Å². The van der Waals surface area contributed by atoms with E-state index in [-0.39, 0.29) is 17.5 Å². The molecule has 2 rings (SSSR count). The van der Waals surface area contributed by atoms with Gasteiger partial charge >= 0.3 is 5.97 Å². The first-order chi connectivity index (χ1) is 7.20. The normalized spacial score (nSPS) is 40.8. The van der Waals surface area contributed by atoms with Crippen molar-refractivity contribution in [2.75, 3.05) is 6.54 Å². The van der Waals surface area contributed by atoms with E-state index in [4.69, 9.17) is 10.5 Å². The minimum absolute atomic E-state index is 0.0113. The summed E-state index contributed by atoms with van der Waals surface area (Å²) in [5.74, 6) is 0.810. The summed E-state index contributed by atoms with van der Waals surface area (Å²) in [5.41, 5.74) is 5.79. The first kappa shape index (κ1) is 10.9. The summed E-state index contributed by atoms with van der Waals surface area (Å²) >= 11 is 0. The molecule has 1 atom stereocenters. The minimum Gasteiger partial charge on any atom is -0.460 e.